The van der Waals surface area contributed by atoms with Crippen LogP contribution >= 0.6 is 0 Å². The Kier molecular flexibility index (Phi) is 1.71. The molecule has 0 saturated heterocycles. The largest absolute Gasteiger partial charge is 0.397 e. The van der Waals surface area contributed by atoms with Gasteiger partial charge in [0.2, 0.25) is 6.43 Å². The summed E-state index contributed by atoms with van der Waals surface area (Å²) in [5, 5.41) is 0. The Morgan fingerprint density at radius 1 is 1.38 bits per heavy atom. The summed E-state index contributed by atoms with van der Waals surface area (Å²) in [5.74, 6) is 0. The third-order valence-electron chi connectivity index (χ3n) is 2.54. The predicted molar refractivity (Wildman–Crippen MR) is 45.6 cm³/mol. The molecule has 0 radical (unpaired) electrons. The zero-order valence-corrected chi connectivity index (χ0v) is 7.00. The molecule has 2 N–H and O–H groups in total. The molecule has 0 atom stereocenters. The fourth-order valence-electron chi connectivity index (χ4n) is 1.50. The summed E-state index contributed by atoms with van der Waals surface area (Å²) in [5.41, 5.74) is 5.55. The smallest absolute Gasteiger partial charge is 0.248 e. The predicted octanol–water partition coefficient (Wildman–Crippen LogP) is 1.96. The summed E-state index contributed by atoms with van der Waals surface area (Å²) in [6.07, 6.45) is 1.71. The molecule has 0 aromatic carbocycles. The van der Waals surface area contributed by atoms with Crippen LogP contribution in [0.2, 0.25) is 0 Å². The van der Waals surface area contributed by atoms with Crippen LogP contribution in [0.5, 0.6) is 0 Å². The van der Waals surface area contributed by atoms with E-state index in [-0.39, 0.29) is 0 Å². The second-order valence-corrected chi connectivity index (χ2v) is 3.46. The molecule has 1 aromatic heterocycles. The van der Waals surface area contributed by atoms with Crippen molar-refractivity contribution < 1.29 is 8.78 Å². The van der Waals surface area contributed by atoms with Crippen molar-refractivity contribution in [1.82, 2.24) is 4.98 Å². The summed E-state index contributed by atoms with van der Waals surface area (Å²) < 4.78 is 25.2. The van der Waals surface area contributed by atoms with Gasteiger partial charge in [0.15, 0.2) is 0 Å². The molecule has 2 nitrogen and oxygen atoms in total. The quantitative estimate of drug-likeness (QED) is 0.763. The molecule has 1 saturated carbocycles. The number of nitrogens with two attached hydrogens (primary N) is 1. The number of hydrogen-bond acceptors (Lipinski definition) is 2. The standard InChI is InChI=1S/C9H10F2N2/c10-8(11)9(1-2-9)6-3-7(12)5-13-4-6/h3-5,8H,1-2,12H2. The third kappa shape index (κ3) is 1.26. The number of nitrogens with zero attached hydrogens (tertiary/aromatic N) is 1. The van der Waals surface area contributed by atoms with Crippen LogP contribution in [-0.2, 0) is 5.41 Å². The number of hydrogen-bond donors (Lipinski definition) is 1. The molecule has 13 heavy (non-hydrogen) atoms. The summed E-state index contributed by atoms with van der Waals surface area (Å²) in [6.45, 7) is 0. The SMILES string of the molecule is Nc1cncc(C2(C(F)F)CC2)c1. The van der Waals surface area contributed by atoms with Gasteiger partial charge in [0.1, 0.15) is 0 Å². The molecular weight excluding hydrogens is 174 g/mol. The van der Waals surface area contributed by atoms with Crippen molar-refractivity contribution in [2.45, 2.75) is 24.7 Å². The number of anilines is 1. The topological polar surface area (TPSA) is 38.9 Å². The molecule has 0 amide bonds. The first-order valence-corrected chi connectivity index (χ1v) is 4.14. The average Bonchev–Trinajstić information content (AvgIpc) is 2.83. The maximum Gasteiger partial charge on any atom is 0.248 e. The van der Waals surface area contributed by atoms with Gasteiger partial charge in [0.25, 0.3) is 0 Å². The van der Waals surface area contributed by atoms with E-state index < -0.39 is 11.8 Å². The summed E-state index contributed by atoms with van der Waals surface area (Å²) in [7, 11) is 0. The lowest BCUT2D eigenvalue weighted by Crippen LogP contribution is -2.17. The number of pyridine rings is 1. The Morgan fingerprint density at radius 3 is 2.54 bits per heavy atom. The number of alkyl halides is 2. The molecule has 1 aliphatic rings. The average molecular weight is 184 g/mol. The lowest BCUT2D eigenvalue weighted by Gasteiger charge is -2.13. The van der Waals surface area contributed by atoms with E-state index in [0.29, 0.717) is 24.1 Å². The second-order valence-electron chi connectivity index (χ2n) is 3.46. The Labute approximate surface area is 74.8 Å². The number of aromatic nitrogens is 1. The van der Waals surface area contributed by atoms with Gasteiger partial charge in [-0.2, -0.15) is 0 Å². The first-order valence-electron chi connectivity index (χ1n) is 4.14. The van der Waals surface area contributed by atoms with Crippen molar-refractivity contribution in [3.63, 3.8) is 0 Å². The highest BCUT2D eigenvalue weighted by atomic mass is 19.3. The van der Waals surface area contributed by atoms with E-state index >= 15 is 0 Å². The Balaban J connectivity index is 2.35. The highest BCUT2D eigenvalue weighted by molar-refractivity contribution is 5.42. The van der Waals surface area contributed by atoms with E-state index in [1.165, 1.54) is 12.4 Å². The molecule has 1 fully saturated rings. The Hall–Kier alpha value is -1.19. The highest BCUT2D eigenvalue weighted by Gasteiger charge is 2.52. The van der Waals surface area contributed by atoms with Crippen LogP contribution in [0, 0.1) is 0 Å². The number of nitrogen functional groups attached to an aromatic ring is 1. The van der Waals surface area contributed by atoms with Crippen LogP contribution in [-0.4, -0.2) is 11.4 Å². The van der Waals surface area contributed by atoms with E-state index in [2.05, 4.69) is 4.98 Å². The minimum absolute atomic E-state index is 0.449. The van der Waals surface area contributed by atoms with Gasteiger partial charge in [0, 0.05) is 12.4 Å². The molecule has 0 aliphatic heterocycles. The molecule has 1 aliphatic carbocycles. The van der Waals surface area contributed by atoms with Crippen LogP contribution < -0.4 is 5.73 Å². The lowest BCUT2D eigenvalue weighted by atomic mass is 9.98. The van der Waals surface area contributed by atoms with E-state index in [9.17, 15) is 8.78 Å². The summed E-state index contributed by atoms with van der Waals surface area (Å²) in [6, 6.07) is 1.59. The summed E-state index contributed by atoms with van der Waals surface area (Å²) in [4.78, 5) is 3.81. The van der Waals surface area contributed by atoms with E-state index in [0.717, 1.165) is 0 Å². The van der Waals surface area contributed by atoms with E-state index in [1.807, 2.05) is 0 Å². The Bertz CT molecular complexity index is 321. The fraction of sp³-hybridized carbons (Fsp3) is 0.444. The molecular formula is C9H10F2N2. The minimum Gasteiger partial charge on any atom is -0.397 e. The van der Waals surface area contributed by atoms with Gasteiger partial charge in [-0.3, -0.25) is 4.98 Å². The van der Waals surface area contributed by atoms with Crippen LogP contribution in [0.3, 0.4) is 0 Å². The van der Waals surface area contributed by atoms with Gasteiger partial charge in [-0.15, -0.1) is 0 Å². The van der Waals surface area contributed by atoms with Gasteiger partial charge in [0.05, 0.1) is 11.1 Å². The molecule has 4 heteroatoms. The van der Waals surface area contributed by atoms with Crippen molar-refractivity contribution in [2.24, 2.45) is 0 Å². The highest BCUT2D eigenvalue weighted by Crippen LogP contribution is 2.52. The molecule has 0 bridgehead atoms. The number of rotatable bonds is 2. The maximum absolute atomic E-state index is 12.6. The van der Waals surface area contributed by atoms with Crippen LogP contribution in [0.15, 0.2) is 18.5 Å². The zero-order chi connectivity index (χ0) is 9.47. The van der Waals surface area contributed by atoms with E-state index in [4.69, 9.17) is 5.73 Å². The van der Waals surface area contributed by atoms with Crippen molar-refractivity contribution >= 4 is 5.69 Å². The molecule has 1 heterocycles. The van der Waals surface area contributed by atoms with Gasteiger partial charge in [-0.1, -0.05) is 0 Å². The van der Waals surface area contributed by atoms with Gasteiger partial charge >= 0.3 is 0 Å². The monoisotopic (exact) mass is 184 g/mol. The van der Waals surface area contributed by atoms with Crippen molar-refractivity contribution in [3.8, 4) is 0 Å². The zero-order valence-electron chi connectivity index (χ0n) is 7.00. The second kappa shape index (κ2) is 2.65. The minimum atomic E-state index is -2.31. The van der Waals surface area contributed by atoms with Crippen molar-refractivity contribution in [2.75, 3.05) is 5.73 Å². The summed E-state index contributed by atoms with van der Waals surface area (Å²) >= 11 is 0. The van der Waals surface area contributed by atoms with Gasteiger partial charge in [-0.05, 0) is 24.5 Å². The molecule has 0 spiro atoms. The van der Waals surface area contributed by atoms with Crippen LogP contribution in [0.4, 0.5) is 14.5 Å². The number of halogens is 2. The van der Waals surface area contributed by atoms with Gasteiger partial charge in [-0.25, -0.2) is 8.78 Å². The Morgan fingerprint density at radius 2 is 2.08 bits per heavy atom. The molecule has 2 rings (SSSR count). The van der Waals surface area contributed by atoms with Crippen LogP contribution in [0.1, 0.15) is 18.4 Å². The first kappa shape index (κ1) is 8.41. The first-order chi connectivity index (χ1) is 6.15. The normalized spacial score (nSPS) is 19.0. The van der Waals surface area contributed by atoms with E-state index in [1.54, 1.807) is 6.07 Å². The van der Waals surface area contributed by atoms with Gasteiger partial charge < -0.3 is 5.73 Å². The lowest BCUT2D eigenvalue weighted by molar-refractivity contribution is 0.102. The molecule has 70 valence electrons. The van der Waals surface area contributed by atoms with Crippen LogP contribution in [0.25, 0.3) is 0 Å². The van der Waals surface area contributed by atoms with Crippen molar-refractivity contribution in [3.05, 3.63) is 24.0 Å². The maximum atomic E-state index is 12.6. The molecule has 0 unspecified atom stereocenters. The fourth-order valence-corrected chi connectivity index (χ4v) is 1.50. The third-order valence-corrected chi connectivity index (χ3v) is 2.54. The van der Waals surface area contributed by atoms with Crippen molar-refractivity contribution in [1.29, 1.82) is 0 Å². The molecule has 1 aromatic rings.